The van der Waals surface area contributed by atoms with Gasteiger partial charge in [0.2, 0.25) is 0 Å². The molecule has 3 rings (SSSR count). The molecule has 1 aromatic rings. The van der Waals surface area contributed by atoms with Gasteiger partial charge in [-0.05, 0) is 56.6 Å². The molecule has 5 heteroatoms. The first-order chi connectivity index (χ1) is 10.1. The fraction of sp³-hybridized carbons (Fsp3) is 0.562. The van der Waals surface area contributed by atoms with Crippen LogP contribution in [-0.4, -0.2) is 18.6 Å². The number of hydrogen-bond acceptors (Lipinski definition) is 4. The molecule has 0 saturated heterocycles. The van der Waals surface area contributed by atoms with E-state index in [0.29, 0.717) is 46.4 Å². The Morgan fingerprint density at radius 1 is 1.38 bits per heavy atom. The summed E-state index contributed by atoms with van der Waals surface area (Å²) in [7, 11) is 0. The number of carbonyl (C=O) groups is 1. The number of halogens is 1. The Bertz CT molecular complexity index is 541. The number of hydrogen-bond donors (Lipinski definition) is 2. The molecular weight excluding hydrogens is 288 g/mol. The smallest absolute Gasteiger partial charge is 0.340 e. The molecule has 0 bridgehead atoms. The van der Waals surface area contributed by atoms with Crippen molar-refractivity contribution < 1.29 is 9.53 Å². The van der Waals surface area contributed by atoms with Crippen LogP contribution in [0, 0.1) is 11.8 Å². The summed E-state index contributed by atoms with van der Waals surface area (Å²) in [6.07, 6.45) is 5.04. The topological polar surface area (TPSA) is 64.3 Å². The minimum absolute atomic E-state index is 0.333. The van der Waals surface area contributed by atoms with Gasteiger partial charge in [-0.15, -0.1) is 0 Å². The highest BCUT2D eigenvalue weighted by molar-refractivity contribution is 6.34. The number of nitrogens with two attached hydrogens (primary N) is 1. The molecule has 114 valence electrons. The van der Waals surface area contributed by atoms with E-state index in [1.165, 1.54) is 25.7 Å². The maximum absolute atomic E-state index is 12.1. The fourth-order valence-corrected chi connectivity index (χ4v) is 3.12. The minimum Gasteiger partial charge on any atom is -0.462 e. The van der Waals surface area contributed by atoms with Crippen LogP contribution in [0.25, 0.3) is 0 Å². The number of rotatable bonds is 6. The summed E-state index contributed by atoms with van der Waals surface area (Å²) in [5, 5.41) is 4.01. The van der Waals surface area contributed by atoms with E-state index in [0.717, 1.165) is 0 Å². The van der Waals surface area contributed by atoms with Gasteiger partial charge < -0.3 is 15.8 Å². The third kappa shape index (κ3) is 3.26. The second-order valence-electron chi connectivity index (χ2n) is 5.99. The van der Waals surface area contributed by atoms with Gasteiger partial charge in [-0.25, -0.2) is 4.79 Å². The van der Waals surface area contributed by atoms with Crippen molar-refractivity contribution in [1.29, 1.82) is 0 Å². The van der Waals surface area contributed by atoms with Crippen LogP contribution in [0.15, 0.2) is 12.1 Å². The zero-order valence-electron chi connectivity index (χ0n) is 12.2. The maximum atomic E-state index is 12.1. The number of nitrogen functional groups attached to an aromatic ring is 1. The molecule has 0 unspecified atom stereocenters. The average molecular weight is 309 g/mol. The van der Waals surface area contributed by atoms with Crippen molar-refractivity contribution in [3.8, 4) is 0 Å². The summed E-state index contributed by atoms with van der Waals surface area (Å²) in [6, 6.07) is 3.74. The number of esters is 1. The van der Waals surface area contributed by atoms with Crippen molar-refractivity contribution >= 4 is 28.9 Å². The Kier molecular flexibility index (Phi) is 3.98. The Hall–Kier alpha value is -1.42. The molecule has 2 aliphatic carbocycles. The van der Waals surface area contributed by atoms with Crippen LogP contribution in [0.2, 0.25) is 5.02 Å². The average Bonchev–Trinajstić information content (AvgIpc) is 3.30. The van der Waals surface area contributed by atoms with Gasteiger partial charge in [0.05, 0.1) is 22.9 Å². The van der Waals surface area contributed by atoms with Gasteiger partial charge in [-0.2, -0.15) is 0 Å². The molecule has 0 aliphatic heterocycles. The molecule has 2 aliphatic rings. The third-order valence-electron chi connectivity index (χ3n) is 4.18. The molecule has 3 N–H and O–H groups in total. The van der Waals surface area contributed by atoms with Crippen LogP contribution in [-0.2, 0) is 4.74 Å². The lowest BCUT2D eigenvalue weighted by atomic mass is 10.0. The second kappa shape index (κ2) is 5.76. The lowest BCUT2D eigenvalue weighted by Crippen LogP contribution is -2.26. The monoisotopic (exact) mass is 308 g/mol. The first-order valence-electron chi connectivity index (χ1n) is 7.62. The summed E-state index contributed by atoms with van der Waals surface area (Å²) < 4.78 is 5.12. The van der Waals surface area contributed by atoms with Crippen molar-refractivity contribution in [3.63, 3.8) is 0 Å². The van der Waals surface area contributed by atoms with Gasteiger partial charge in [0.25, 0.3) is 0 Å². The van der Waals surface area contributed by atoms with Crippen LogP contribution in [0.1, 0.15) is 43.0 Å². The molecule has 0 spiro atoms. The van der Waals surface area contributed by atoms with Crippen LogP contribution >= 0.6 is 11.6 Å². The van der Waals surface area contributed by atoms with E-state index in [1.807, 2.05) is 0 Å². The van der Waals surface area contributed by atoms with E-state index in [1.54, 1.807) is 19.1 Å². The number of carbonyl (C=O) groups excluding carboxylic acids is 1. The predicted molar refractivity (Wildman–Crippen MR) is 84.7 cm³/mol. The first-order valence-corrected chi connectivity index (χ1v) is 8.00. The highest BCUT2D eigenvalue weighted by Crippen LogP contribution is 2.47. The highest BCUT2D eigenvalue weighted by Gasteiger charge is 2.42. The minimum atomic E-state index is -0.375. The fourth-order valence-electron chi connectivity index (χ4n) is 2.84. The van der Waals surface area contributed by atoms with Crippen LogP contribution < -0.4 is 11.1 Å². The Labute approximate surface area is 130 Å². The second-order valence-corrected chi connectivity index (χ2v) is 6.40. The predicted octanol–water partition coefficient (Wildman–Crippen LogP) is 3.70. The van der Waals surface area contributed by atoms with E-state index in [-0.39, 0.29) is 5.97 Å². The quantitative estimate of drug-likeness (QED) is 0.621. The zero-order chi connectivity index (χ0) is 15.0. The normalized spacial score (nSPS) is 17.9. The van der Waals surface area contributed by atoms with Crippen molar-refractivity contribution in [1.82, 2.24) is 0 Å². The van der Waals surface area contributed by atoms with Gasteiger partial charge in [0.1, 0.15) is 0 Å². The lowest BCUT2D eigenvalue weighted by Gasteiger charge is -2.22. The van der Waals surface area contributed by atoms with Gasteiger partial charge in [0, 0.05) is 11.7 Å². The summed E-state index contributed by atoms with van der Waals surface area (Å²) in [5.74, 6) is 1.04. The van der Waals surface area contributed by atoms with Gasteiger partial charge in [0.15, 0.2) is 0 Å². The molecule has 0 atom stereocenters. The molecule has 0 aromatic heterocycles. The van der Waals surface area contributed by atoms with E-state index >= 15 is 0 Å². The largest absolute Gasteiger partial charge is 0.462 e. The van der Waals surface area contributed by atoms with Crippen LogP contribution in [0.3, 0.4) is 0 Å². The number of nitrogens with one attached hydrogen (secondary N) is 1. The summed E-state index contributed by atoms with van der Waals surface area (Å²) in [4.78, 5) is 12.1. The lowest BCUT2D eigenvalue weighted by molar-refractivity contribution is 0.0527. The van der Waals surface area contributed by atoms with E-state index in [9.17, 15) is 4.79 Å². The third-order valence-corrected chi connectivity index (χ3v) is 4.48. The van der Waals surface area contributed by atoms with E-state index < -0.39 is 0 Å². The Morgan fingerprint density at radius 3 is 2.52 bits per heavy atom. The summed E-state index contributed by atoms with van der Waals surface area (Å²) >= 11 is 6.32. The standard InChI is InChI=1S/C16H21ClN2O2/c1-2-21-16(20)12-7-11(18)8-13(17)15(12)19-14(9-3-4-9)10-5-6-10/h7-10,14,19H,2-6,18H2,1H3. The molecule has 0 radical (unpaired) electrons. The molecule has 0 amide bonds. The van der Waals surface area contributed by atoms with Crippen molar-refractivity contribution in [2.45, 2.75) is 38.6 Å². The Balaban J connectivity index is 1.89. The molecule has 0 heterocycles. The van der Waals surface area contributed by atoms with Gasteiger partial charge >= 0.3 is 5.97 Å². The molecule has 4 nitrogen and oxygen atoms in total. The molecular formula is C16H21ClN2O2. The van der Waals surface area contributed by atoms with E-state index in [4.69, 9.17) is 22.1 Å². The zero-order valence-corrected chi connectivity index (χ0v) is 13.0. The highest BCUT2D eigenvalue weighted by atomic mass is 35.5. The number of anilines is 2. The maximum Gasteiger partial charge on any atom is 0.340 e. The number of ether oxygens (including phenoxy) is 1. The first kappa shape index (κ1) is 14.5. The number of benzene rings is 1. The SMILES string of the molecule is CCOC(=O)c1cc(N)cc(Cl)c1NC(C1CC1)C1CC1. The van der Waals surface area contributed by atoms with Crippen molar-refractivity contribution in [2.24, 2.45) is 11.8 Å². The molecule has 2 saturated carbocycles. The van der Waals surface area contributed by atoms with Crippen molar-refractivity contribution in [3.05, 3.63) is 22.7 Å². The van der Waals surface area contributed by atoms with E-state index in [2.05, 4.69) is 5.32 Å². The molecule has 1 aromatic carbocycles. The van der Waals surface area contributed by atoms with Crippen LogP contribution in [0.4, 0.5) is 11.4 Å². The van der Waals surface area contributed by atoms with Gasteiger partial charge in [-0.1, -0.05) is 11.6 Å². The summed E-state index contributed by atoms with van der Waals surface area (Å²) in [5.41, 5.74) is 7.40. The molecule has 2 fully saturated rings. The summed E-state index contributed by atoms with van der Waals surface area (Å²) in [6.45, 7) is 2.12. The van der Waals surface area contributed by atoms with Crippen LogP contribution in [0.5, 0.6) is 0 Å². The molecule has 21 heavy (non-hydrogen) atoms. The van der Waals surface area contributed by atoms with Gasteiger partial charge in [-0.3, -0.25) is 0 Å². The van der Waals surface area contributed by atoms with Crippen molar-refractivity contribution in [2.75, 3.05) is 17.7 Å². The Morgan fingerprint density at radius 2 is 2.00 bits per heavy atom.